The number of hydrogen-bond acceptors (Lipinski definition) is 3. The Labute approximate surface area is 111 Å². The van der Waals surface area contributed by atoms with E-state index in [2.05, 4.69) is 5.32 Å². The predicted molar refractivity (Wildman–Crippen MR) is 69.7 cm³/mol. The SMILES string of the molecule is CN(CCCC(=O)O)C(=O)Nc1ccccc1C#N. The van der Waals surface area contributed by atoms with Crippen LogP contribution < -0.4 is 5.32 Å². The van der Waals surface area contributed by atoms with Gasteiger partial charge in [-0.05, 0) is 18.6 Å². The maximum Gasteiger partial charge on any atom is 0.321 e. The molecule has 19 heavy (non-hydrogen) atoms. The molecule has 0 aliphatic carbocycles. The number of carbonyl (C=O) groups is 2. The minimum Gasteiger partial charge on any atom is -0.481 e. The summed E-state index contributed by atoms with van der Waals surface area (Å²) in [5.74, 6) is -0.886. The Bertz CT molecular complexity index is 508. The number of aliphatic carboxylic acids is 1. The van der Waals surface area contributed by atoms with Gasteiger partial charge >= 0.3 is 12.0 Å². The van der Waals surface area contributed by atoms with Crippen LogP contribution in [0.4, 0.5) is 10.5 Å². The lowest BCUT2D eigenvalue weighted by atomic mass is 10.2. The van der Waals surface area contributed by atoms with Gasteiger partial charge in [0.15, 0.2) is 0 Å². The smallest absolute Gasteiger partial charge is 0.321 e. The van der Waals surface area contributed by atoms with E-state index in [0.717, 1.165) is 0 Å². The highest BCUT2D eigenvalue weighted by Crippen LogP contribution is 2.14. The molecule has 100 valence electrons. The molecular formula is C13H15N3O3. The van der Waals surface area contributed by atoms with E-state index in [-0.39, 0.29) is 12.5 Å². The van der Waals surface area contributed by atoms with E-state index in [0.29, 0.717) is 24.2 Å². The molecule has 0 heterocycles. The van der Waals surface area contributed by atoms with Crippen molar-refractivity contribution in [1.29, 1.82) is 5.26 Å². The van der Waals surface area contributed by atoms with E-state index in [1.165, 1.54) is 4.90 Å². The number of nitriles is 1. The number of nitrogens with zero attached hydrogens (tertiary/aromatic N) is 2. The van der Waals surface area contributed by atoms with Crippen LogP contribution in [0.5, 0.6) is 0 Å². The van der Waals surface area contributed by atoms with Crippen LogP contribution in [-0.2, 0) is 4.79 Å². The van der Waals surface area contributed by atoms with Crippen molar-refractivity contribution in [3.8, 4) is 6.07 Å². The third-order valence-corrected chi connectivity index (χ3v) is 2.52. The van der Waals surface area contributed by atoms with Crippen molar-refractivity contribution in [1.82, 2.24) is 4.90 Å². The number of hydrogen-bond donors (Lipinski definition) is 2. The molecule has 1 aromatic carbocycles. The Kier molecular flexibility index (Phi) is 5.35. The summed E-state index contributed by atoms with van der Waals surface area (Å²) in [6, 6.07) is 8.31. The van der Waals surface area contributed by atoms with Crippen molar-refractivity contribution in [3.63, 3.8) is 0 Å². The first-order valence-corrected chi connectivity index (χ1v) is 5.77. The molecule has 1 rings (SSSR count). The lowest BCUT2D eigenvalue weighted by Gasteiger charge is -2.17. The summed E-state index contributed by atoms with van der Waals surface area (Å²) in [5.41, 5.74) is 0.829. The third-order valence-electron chi connectivity index (χ3n) is 2.52. The topological polar surface area (TPSA) is 93.4 Å². The van der Waals surface area contributed by atoms with Crippen molar-refractivity contribution >= 4 is 17.7 Å². The Morgan fingerprint density at radius 3 is 2.74 bits per heavy atom. The molecule has 0 aliphatic heterocycles. The monoisotopic (exact) mass is 261 g/mol. The van der Waals surface area contributed by atoms with E-state index in [1.807, 2.05) is 6.07 Å². The van der Waals surface area contributed by atoms with Crippen LogP contribution in [0.1, 0.15) is 18.4 Å². The van der Waals surface area contributed by atoms with Gasteiger partial charge in [-0.25, -0.2) is 4.79 Å². The van der Waals surface area contributed by atoms with Gasteiger partial charge in [-0.1, -0.05) is 12.1 Å². The molecule has 0 saturated heterocycles. The highest BCUT2D eigenvalue weighted by Gasteiger charge is 2.11. The Morgan fingerprint density at radius 2 is 2.11 bits per heavy atom. The van der Waals surface area contributed by atoms with Crippen molar-refractivity contribution in [3.05, 3.63) is 29.8 Å². The minimum atomic E-state index is -0.886. The lowest BCUT2D eigenvalue weighted by Crippen LogP contribution is -2.32. The largest absolute Gasteiger partial charge is 0.481 e. The second kappa shape index (κ2) is 7.01. The summed E-state index contributed by atoms with van der Waals surface area (Å²) in [7, 11) is 1.58. The quantitative estimate of drug-likeness (QED) is 0.846. The zero-order chi connectivity index (χ0) is 14.3. The average Bonchev–Trinajstić information content (AvgIpc) is 2.38. The van der Waals surface area contributed by atoms with Crippen molar-refractivity contribution in [2.45, 2.75) is 12.8 Å². The van der Waals surface area contributed by atoms with Gasteiger partial charge in [0.25, 0.3) is 0 Å². The predicted octanol–water partition coefficient (Wildman–Crippen LogP) is 1.89. The molecule has 0 fully saturated rings. The highest BCUT2D eigenvalue weighted by atomic mass is 16.4. The van der Waals surface area contributed by atoms with Crippen LogP contribution in [0, 0.1) is 11.3 Å². The molecule has 0 bridgehead atoms. The number of nitrogens with one attached hydrogen (secondary N) is 1. The third kappa shape index (κ3) is 4.68. The van der Waals surface area contributed by atoms with Gasteiger partial charge < -0.3 is 15.3 Å². The molecule has 2 amide bonds. The van der Waals surface area contributed by atoms with Gasteiger partial charge in [0.05, 0.1) is 11.3 Å². The number of anilines is 1. The Hall–Kier alpha value is -2.55. The first kappa shape index (κ1) is 14.5. The molecule has 0 saturated carbocycles. The summed E-state index contributed by atoms with van der Waals surface area (Å²) >= 11 is 0. The molecule has 1 aromatic rings. The standard InChI is InChI=1S/C13H15N3O3/c1-16(8-4-7-12(17)18)13(19)15-11-6-3-2-5-10(11)9-14/h2-3,5-6H,4,7-8H2,1H3,(H,15,19)(H,17,18). The van der Waals surface area contributed by atoms with E-state index >= 15 is 0 Å². The minimum absolute atomic E-state index is 0.0202. The van der Waals surface area contributed by atoms with Gasteiger partial charge in [0.1, 0.15) is 6.07 Å². The Morgan fingerprint density at radius 1 is 1.42 bits per heavy atom. The van der Waals surface area contributed by atoms with Crippen LogP contribution in [-0.4, -0.2) is 35.6 Å². The van der Waals surface area contributed by atoms with Crippen LogP contribution in [0.15, 0.2) is 24.3 Å². The molecule has 6 heteroatoms. The maximum absolute atomic E-state index is 11.8. The zero-order valence-corrected chi connectivity index (χ0v) is 10.6. The van der Waals surface area contributed by atoms with E-state index in [4.69, 9.17) is 10.4 Å². The molecule has 0 atom stereocenters. The summed E-state index contributed by atoms with van der Waals surface area (Å²) in [6.45, 7) is 0.340. The van der Waals surface area contributed by atoms with Crippen LogP contribution in [0.25, 0.3) is 0 Å². The zero-order valence-electron chi connectivity index (χ0n) is 10.6. The first-order chi connectivity index (χ1) is 9.04. The van der Waals surface area contributed by atoms with Crippen LogP contribution >= 0.6 is 0 Å². The van der Waals surface area contributed by atoms with Gasteiger partial charge in [-0.3, -0.25) is 4.79 Å². The molecule has 0 aromatic heterocycles. The van der Waals surface area contributed by atoms with Gasteiger partial charge in [0.2, 0.25) is 0 Å². The van der Waals surface area contributed by atoms with Crippen LogP contribution in [0.2, 0.25) is 0 Å². The Balaban J connectivity index is 2.54. The van der Waals surface area contributed by atoms with Gasteiger partial charge in [-0.15, -0.1) is 0 Å². The van der Waals surface area contributed by atoms with Crippen molar-refractivity contribution in [2.24, 2.45) is 0 Å². The fourth-order valence-electron chi connectivity index (χ4n) is 1.47. The average molecular weight is 261 g/mol. The van der Waals surface area contributed by atoms with E-state index in [1.54, 1.807) is 31.3 Å². The molecule has 0 radical (unpaired) electrons. The second-order valence-electron chi connectivity index (χ2n) is 4.01. The van der Waals surface area contributed by atoms with Gasteiger partial charge in [0, 0.05) is 20.0 Å². The summed E-state index contributed by atoms with van der Waals surface area (Å²) in [4.78, 5) is 23.6. The molecular weight excluding hydrogens is 246 g/mol. The van der Waals surface area contributed by atoms with Crippen molar-refractivity contribution < 1.29 is 14.7 Å². The number of carboxylic acids is 1. The molecule has 2 N–H and O–H groups in total. The number of para-hydroxylation sites is 1. The molecule has 0 unspecified atom stereocenters. The maximum atomic E-state index is 11.8. The summed E-state index contributed by atoms with van der Waals surface area (Å²) in [5, 5.41) is 20.0. The number of rotatable bonds is 5. The normalized spacial score (nSPS) is 9.47. The second-order valence-corrected chi connectivity index (χ2v) is 4.01. The molecule has 0 spiro atoms. The molecule has 0 aliphatic rings. The number of amides is 2. The summed E-state index contributed by atoms with van der Waals surface area (Å²) < 4.78 is 0. The van der Waals surface area contributed by atoms with E-state index in [9.17, 15) is 9.59 Å². The summed E-state index contributed by atoms with van der Waals surface area (Å²) in [6.07, 6.45) is 0.408. The number of benzene rings is 1. The highest BCUT2D eigenvalue weighted by molar-refractivity contribution is 5.90. The fourth-order valence-corrected chi connectivity index (χ4v) is 1.47. The lowest BCUT2D eigenvalue weighted by molar-refractivity contribution is -0.137. The van der Waals surface area contributed by atoms with Crippen molar-refractivity contribution in [2.75, 3.05) is 18.9 Å². The number of carbonyl (C=O) groups excluding carboxylic acids is 1. The fraction of sp³-hybridized carbons (Fsp3) is 0.308. The number of urea groups is 1. The van der Waals surface area contributed by atoms with E-state index < -0.39 is 5.97 Å². The van der Waals surface area contributed by atoms with Gasteiger partial charge in [-0.2, -0.15) is 5.26 Å². The first-order valence-electron chi connectivity index (χ1n) is 5.77. The van der Waals surface area contributed by atoms with Crippen LogP contribution in [0.3, 0.4) is 0 Å². The number of carboxylic acid groups (broad SMARTS) is 1. The molecule has 6 nitrogen and oxygen atoms in total.